The maximum atomic E-state index is 14.8. The van der Waals surface area contributed by atoms with Crippen LogP contribution in [0, 0.1) is 0 Å². The van der Waals surface area contributed by atoms with Gasteiger partial charge in [0.25, 0.3) is 11.8 Å². The van der Waals surface area contributed by atoms with E-state index in [1.165, 1.54) is 70.4 Å². The summed E-state index contributed by atoms with van der Waals surface area (Å²) in [6.07, 6.45) is 2.08. The van der Waals surface area contributed by atoms with E-state index in [4.69, 9.17) is 19.9 Å². The quantitative estimate of drug-likeness (QED) is 0.0129. The third-order valence-corrected chi connectivity index (χ3v) is 15.0. The molecular formula is C62H92N12O20. The van der Waals surface area contributed by atoms with Crippen molar-refractivity contribution < 1.29 is 97.0 Å². The number of aliphatic hydroxyl groups is 3. The summed E-state index contributed by atoms with van der Waals surface area (Å²) >= 11 is 0. The van der Waals surface area contributed by atoms with Gasteiger partial charge in [-0.1, -0.05) is 89.0 Å². The molecule has 12 atom stereocenters. The number of cyclic esters (lactones) is 1. The minimum absolute atomic E-state index is 0.0594. The van der Waals surface area contributed by atoms with Gasteiger partial charge in [0.2, 0.25) is 53.5 Å². The molecule has 0 spiro atoms. The molecule has 1 aliphatic heterocycles. The summed E-state index contributed by atoms with van der Waals surface area (Å²) in [6.45, 7) is 6.27. The number of likely N-dealkylation sites (N-methyl/N-ethyl adjacent to an activating group) is 1. The fraction of sp³-hybridized carbons (Fsp3) is 0.581. The third kappa shape index (κ3) is 27.3. The number of aromatic hydroxyl groups is 1. The molecule has 0 radical (unpaired) electrons. The van der Waals surface area contributed by atoms with Gasteiger partial charge in [-0.05, 0) is 65.2 Å². The zero-order valence-electron chi connectivity index (χ0n) is 54.0. The summed E-state index contributed by atoms with van der Waals surface area (Å²) in [5, 5.41) is 60.7. The Morgan fingerprint density at radius 2 is 1.47 bits per heavy atom. The van der Waals surface area contributed by atoms with E-state index in [9.17, 15) is 82.8 Å². The highest BCUT2D eigenvalue weighted by atomic mass is 16.7. The van der Waals surface area contributed by atoms with Crippen molar-refractivity contribution in [2.45, 2.75) is 211 Å². The minimum Gasteiger partial charge on any atom is -0.508 e. The Kier molecular flexibility index (Phi) is 35.1. The topological polar surface area (TPSA) is 485 Å². The van der Waals surface area contributed by atoms with Crippen LogP contribution in [-0.2, 0) is 89.4 Å². The second-order valence-electron chi connectivity index (χ2n) is 22.5. The first-order valence-corrected chi connectivity index (χ1v) is 31.1. The van der Waals surface area contributed by atoms with Crippen LogP contribution in [0.3, 0.4) is 0 Å². The molecule has 94 heavy (non-hydrogen) atoms. The SMILES string of the molecule is C/C=C(/NC(=O)C[C@H](O)CCCCCCCCCCC)C(=O)N[C@@H]1C(=O)N[C@@H]([C@@H](C)O)C(=O)N[C@H](Cc2ccc(O)cc2)C(=O)N/C(=C/C)C(=O)N[C@H](CCC(N)=O)C(=O)NCC(=O)N(C)[C@@H]([C@H](C)O[C@H](C=O)O[C@@H](C=O)CO)C(=O)N[C@@H](Cc2cnc[nH]2)C(=O)O[C@@H]1C. The number of nitrogens with two attached hydrogens (primary N) is 1. The Bertz CT molecular complexity index is 2920. The van der Waals surface area contributed by atoms with E-state index in [2.05, 4.69) is 59.4 Å². The summed E-state index contributed by atoms with van der Waals surface area (Å²) in [4.78, 5) is 186. The van der Waals surface area contributed by atoms with Gasteiger partial charge in [0, 0.05) is 38.2 Å². The van der Waals surface area contributed by atoms with Gasteiger partial charge in [0.05, 0.1) is 44.2 Å². The number of allylic oxidation sites excluding steroid dienone is 2. The number of aliphatic hydroxyl groups excluding tert-OH is 3. The van der Waals surface area contributed by atoms with E-state index in [1.54, 1.807) is 0 Å². The monoisotopic (exact) mass is 1320 g/mol. The Balaban J connectivity index is 2.23. The third-order valence-electron chi connectivity index (χ3n) is 15.0. The van der Waals surface area contributed by atoms with Crippen LogP contribution in [0.4, 0.5) is 0 Å². The lowest BCUT2D eigenvalue weighted by Gasteiger charge is -2.34. The van der Waals surface area contributed by atoms with Gasteiger partial charge in [-0.15, -0.1) is 0 Å². The molecule has 520 valence electrons. The Labute approximate surface area is 544 Å². The molecule has 0 unspecified atom stereocenters. The lowest BCUT2D eigenvalue weighted by molar-refractivity contribution is -0.197. The van der Waals surface area contributed by atoms with Crippen molar-refractivity contribution in [3.05, 3.63) is 71.6 Å². The van der Waals surface area contributed by atoms with Gasteiger partial charge in [-0.2, -0.15) is 0 Å². The molecule has 15 N–H and O–H groups in total. The van der Waals surface area contributed by atoms with Crippen LogP contribution in [0.5, 0.6) is 5.75 Å². The number of ether oxygens (including phenoxy) is 3. The number of amides is 10. The van der Waals surface area contributed by atoms with Crippen molar-refractivity contribution in [1.29, 1.82) is 0 Å². The maximum Gasteiger partial charge on any atom is 0.329 e. The van der Waals surface area contributed by atoms with Crippen LogP contribution in [0.1, 0.15) is 136 Å². The number of aromatic nitrogens is 2. The van der Waals surface area contributed by atoms with Crippen molar-refractivity contribution in [3.8, 4) is 5.75 Å². The van der Waals surface area contributed by atoms with E-state index >= 15 is 0 Å². The fourth-order valence-electron chi connectivity index (χ4n) is 9.68. The number of rotatable bonds is 31. The van der Waals surface area contributed by atoms with Gasteiger partial charge in [-0.25, -0.2) is 9.78 Å². The number of phenols is 1. The van der Waals surface area contributed by atoms with Crippen LogP contribution < -0.4 is 48.3 Å². The molecule has 1 aromatic carbocycles. The molecule has 0 aliphatic carbocycles. The number of benzene rings is 1. The van der Waals surface area contributed by atoms with Gasteiger partial charge in [0.15, 0.2) is 12.6 Å². The van der Waals surface area contributed by atoms with Crippen molar-refractivity contribution in [2.24, 2.45) is 5.73 Å². The lowest BCUT2D eigenvalue weighted by atomic mass is 10.0. The normalized spacial score (nSPS) is 22.4. The minimum atomic E-state index is -2.10. The molecule has 0 bridgehead atoms. The zero-order valence-corrected chi connectivity index (χ0v) is 54.0. The van der Waals surface area contributed by atoms with Crippen molar-refractivity contribution in [1.82, 2.24) is 57.4 Å². The summed E-state index contributed by atoms with van der Waals surface area (Å²) in [5.74, 6) is -12.7. The van der Waals surface area contributed by atoms with Gasteiger partial charge >= 0.3 is 5.97 Å². The Morgan fingerprint density at radius 1 is 0.819 bits per heavy atom. The molecule has 1 saturated heterocycles. The number of unbranched alkanes of at least 4 members (excludes halogenated alkanes) is 8. The van der Waals surface area contributed by atoms with Gasteiger partial charge in [0.1, 0.15) is 65.6 Å². The van der Waals surface area contributed by atoms with E-state index < -0.39 is 188 Å². The fourth-order valence-corrected chi connectivity index (χ4v) is 9.68. The standard InChI is InChI=1S/C62H92N12O20/c1-8-11-12-13-14-15-16-17-18-19-41(80)28-49(82)67-43(9-2)57(86)73-53-36(5)93-62(91)47(27-39-29-64-34-66-39)71-61(90)54(37(6)92-51(33-77)94-42(31-75)32-76)74(7)50(83)30-65-55(84)45(24-25-48(63)81)69-56(85)44(10-3)68-58(87)46(26-38-20-22-40(79)23-21-38)70-59(88)52(35(4)78)72-60(53)89/h9-10,20-23,29,31,33-37,41-42,45-47,51-54,76,78-80H,8,11-19,24-28,30,32H2,1-7H3,(H2,63,81)(H,64,66)(H,65,84)(H,67,82)(H,68,87)(H,69,85)(H,70,88)(H,71,90)(H,72,89)(H,73,86)/b43-9+,44-10+/t35-,36-,37+,41-,42+,45-,46-,47+,51+,52+,53+,54+/m1/s1. The van der Waals surface area contributed by atoms with E-state index in [-0.39, 0.29) is 36.9 Å². The number of imidazole rings is 1. The molecule has 1 fully saturated rings. The van der Waals surface area contributed by atoms with Crippen LogP contribution >= 0.6 is 0 Å². The molecule has 3 rings (SSSR count). The number of aldehydes is 2. The van der Waals surface area contributed by atoms with Crippen molar-refractivity contribution in [2.75, 3.05) is 20.2 Å². The number of nitrogens with zero attached hydrogens (tertiary/aromatic N) is 2. The molecule has 32 nitrogen and oxygen atoms in total. The maximum absolute atomic E-state index is 14.8. The first kappa shape index (κ1) is 79.3. The van der Waals surface area contributed by atoms with Gasteiger partial charge in [-0.3, -0.25) is 52.7 Å². The number of carbonyl (C=O) groups excluding carboxylic acids is 13. The number of carbonyl (C=O) groups is 13. The smallest absolute Gasteiger partial charge is 0.329 e. The zero-order chi connectivity index (χ0) is 70.0. The van der Waals surface area contributed by atoms with E-state index in [1.807, 2.05) is 0 Å². The predicted molar refractivity (Wildman–Crippen MR) is 334 cm³/mol. The second kappa shape index (κ2) is 41.6. The number of aromatic amines is 1. The molecular weight excluding hydrogens is 1230 g/mol. The number of hydrogen-bond donors (Lipinski definition) is 14. The Hall–Kier alpha value is -8.98. The van der Waals surface area contributed by atoms with Crippen molar-refractivity contribution in [3.63, 3.8) is 0 Å². The molecule has 0 saturated carbocycles. The molecule has 1 aliphatic rings. The van der Waals surface area contributed by atoms with Crippen LogP contribution in [0.15, 0.2) is 60.3 Å². The number of nitrogens with one attached hydrogen (secondary N) is 9. The average molecular weight is 1330 g/mol. The van der Waals surface area contributed by atoms with Gasteiger partial charge < -0.3 is 97.6 Å². The number of esters is 1. The molecule has 2 heterocycles. The summed E-state index contributed by atoms with van der Waals surface area (Å²) < 4.78 is 16.8. The first-order chi connectivity index (χ1) is 44.7. The number of phenolic OH excluding ortho intramolecular Hbond substituents is 1. The second-order valence-corrected chi connectivity index (χ2v) is 22.5. The number of hydrogen-bond acceptors (Lipinski definition) is 21. The highest BCUT2D eigenvalue weighted by molar-refractivity contribution is 6.03. The summed E-state index contributed by atoms with van der Waals surface area (Å²) in [5.41, 5.74) is 4.88. The van der Waals surface area contributed by atoms with E-state index in [0.717, 1.165) is 71.6 Å². The van der Waals surface area contributed by atoms with Crippen molar-refractivity contribution >= 4 is 77.6 Å². The summed E-state index contributed by atoms with van der Waals surface area (Å²) in [7, 11) is 1.05. The summed E-state index contributed by atoms with van der Waals surface area (Å²) in [6, 6.07) is -5.98. The largest absolute Gasteiger partial charge is 0.508 e. The first-order valence-electron chi connectivity index (χ1n) is 31.1. The van der Waals surface area contributed by atoms with Crippen LogP contribution in [0.25, 0.3) is 0 Å². The number of primary amides is 1. The van der Waals surface area contributed by atoms with E-state index in [0.29, 0.717) is 16.9 Å². The number of H-pyrrole nitrogens is 1. The van der Waals surface area contributed by atoms with Crippen LogP contribution in [-0.4, -0.2) is 206 Å². The molecule has 1 aromatic heterocycles. The molecule has 2 aromatic rings. The lowest BCUT2D eigenvalue weighted by Crippen LogP contribution is -2.62. The molecule has 32 heteroatoms. The highest BCUT2D eigenvalue weighted by Crippen LogP contribution is 2.18. The molecule has 10 amide bonds. The highest BCUT2D eigenvalue weighted by Gasteiger charge is 2.41. The van der Waals surface area contributed by atoms with Crippen LogP contribution in [0.2, 0.25) is 0 Å². The predicted octanol–water partition coefficient (Wildman–Crippen LogP) is -1.92. The average Bonchev–Trinajstić information content (AvgIpc) is 1.12. The Morgan fingerprint density at radius 3 is 2.04 bits per heavy atom.